The third kappa shape index (κ3) is 2.57. The lowest BCUT2D eigenvalue weighted by Crippen LogP contribution is -2.10. The molecule has 4 nitrogen and oxygen atoms in total. The number of rotatable bonds is 2. The SMILES string of the molecule is Cl.O=C(Nc1nc2c(s1)CCCC2)c1ccco1. The first kappa shape index (κ1) is 13.1. The predicted octanol–water partition coefficient (Wildman–Crippen LogP) is 3.29. The van der Waals surface area contributed by atoms with Crippen LogP contribution in [0.15, 0.2) is 22.8 Å². The summed E-state index contributed by atoms with van der Waals surface area (Å²) in [6.45, 7) is 0. The smallest absolute Gasteiger partial charge is 0.293 e. The van der Waals surface area contributed by atoms with Crippen LogP contribution in [-0.2, 0) is 12.8 Å². The van der Waals surface area contributed by atoms with Gasteiger partial charge in [0.2, 0.25) is 0 Å². The van der Waals surface area contributed by atoms with Crippen LogP contribution in [0, 0.1) is 0 Å². The molecule has 0 bridgehead atoms. The van der Waals surface area contributed by atoms with Crippen molar-refractivity contribution in [3.05, 3.63) is 34.7 Å². The maximum absolute atomic E-state index is 11.7. The monoisotopic (exact) mass is 284 g/mol. The van der Waals surface area contributed by atoms with E-state index in [0.717, 1.165) is 18.5 Å². The fourth-order valence-electron chi connectivity index (χ4n) is 1.97. The number of thiazole rings is 1. The summed E-state index contributed by atoms with van der Waals surface area (Å²) in [5.74, 6) is 0.0827. The van der Waals surface area contributed by atoms with Crippen molar-refractivity contribution in [3.63, 3.8) is 0 Å². The normalized spacial score (nSPS) is 13.6. The molecule has 2 aromatic heterocycles. The fraction of sp³-hybridized carbons (Fsp3) is 0.333. The molecule has 1 aliphatic rings. The van der Waals surface area contributed by atoms with Gasteiger partial charge in [-0.3, -0.25) is 10.1 Å². The van der Waals surface area contributed by atoms with Gasteiger partial charge in [0.25, 0.3) is 5.91 Å². The molecule has 0 atom stereocenters. The lowest BCUT2D eigenvalue weighted by molar-refractivity contribution is 0.0996. The van der Waals surface area contributed by atoms with E-state index in [4.69, 9.17) is 4.42 Å². The quantitative estimate of drug-likeness (QED) is 0.921. The molecule has 0 unspecified atom stereocenters. The molecule has 2 heterocycles. The van der Waals surface area contributed by atoms with Crippen LogP contribution in [0.3, 0.4) is 0 Å². The Bertz CT molecular complexity index is 513. The highest BCUT2D eigenvalue weighted by Gasteiger charge is 2.17. The van der Waals surface area contributed by atoms with Crippen molar-refractivity contribution in [1.29, 1.82) is 0 Å². The van der Waals surface area contributed by atoms with Gasteiger partial charge in [-0.1, -0.05) is 0 Å². The zero-order valence-corrected chi connectivity index (χ0v) is 11.3. The van der Waals surface area contributed by atoms with Crippen molar-refractivity contribution in [1.82, 2.24) is 4.98 Å². The minimum absolute atomic E-state index is 0. The Hall–Kier alpha value is -1.33. The number of furan rings is 1. The van der Waals surface area contributed by atoms with Gasteiger partial charge in [-0.25, -0.2) is 4.98 Å². The summed E-state index contributed by atoms with van der Waals surface area (Å²) in [4.78, 5) is 17.5. The van der Waals surface area contributed by atoms with Crippen LogP contribution < -0.4 is 5.32 Å². The molecule has 3 rings (SSSR count). The van der Waals surface area contributed by atoms with Crippen molar-refractivity contribution in [2.45, 2.75) is 25.7 Å². The van der Waals surface area contributed by atoms with Gasteiger partial charge in [0.15, 0.2) is 10.9 Å². The van der Waals surface area contributed by atoms with Gasteiger partial charge < -0.3 is 4.42 Å². The molecule has 96 valence electrons. The number of nitrogens with one attached hydrogen (secondary N) is 1. The van der Waals surface area contributed by atoms with E-state index in [-0.39, 0.29) is 18.3 Å². The zero-order chi connectivity index (χ0) is 11.7. The molecule has 1 N–H and O–H groups in total. The predicted molar refractivity (Wildman–Crippen MR) is 72.7 cm³/mol. The van der Waals surface area contributed by atoms with Crippen LogP contribution in [0.5, 0.6) is 0 Å². The van der Waals surface area contributed by atoms with Gasteiger partial charge >= 0.3 is 0 Å². The standard InChI is InChI=1S/C12H12N2O2S.ClH/c15-11(9-5-3-7-16-9)14-12-13-8-4-1-2-6-10(8)17-12;/h3,5,7H,1-2,4,6H2,(H,13,14,15);1H. The molecule has 1 amide bonds. The Kier molecular flexibility index (Phi) is 4.04. The lowest BCUT2D eigenvalue weighted by atomic mass is 10.0. The molecular formula is C12H13ClN2O2S. The summed E-state index contributed by atoms with van der Waals surface area (Å²) in [5.41, 5.74) is 1.15. The second-order valence-corrected chi connectivity index (χ2v) is 5.11. The van der Waals surface area contributed by atoms with Crippen LogP contribution in [-0.4, -0.2) is 10.9 Å². The number of anilines is 1. The summed E-state index contributed by atoms with van der Waals surface area (Å²) in [5, 5.41) is 3.46. The second-order valence-electron chi connectivity index (χ2n) is 4.03. The van der Waals surface area contributed by atoms with Gasteiger partial charge in [-0.15, -0.1) is 23.7 Å². The van der Waals surface area contributed by atoms with E-state index < -0.39 is 0 Å². The van der Waals surface area contributed by atoms with Gasteiger partial charge in [0.1, 0.15) is 0 Å². The number of hydrogen-bond donors (Lipinski definition) is 1. The number of aromatic nitrogens is 1. The van der Waals surface area contributed by atoms with E-state index in [2.05, 4.69) is 10.3 Å². The van der Waals surface area contributed by atoms with Crippen LogP contribution in [0.4, 0.5) is 5.13 Å². The van der Waals surface area contributed by atoms with Crippen LogP contribution in [0.2, 0.25) is 0 Å². The van der Waals surface area contributed by atoms with E-state index in [1.54, 1.807) is 23.5 Å². The number of hydrogen-bond acceptors (Lipinski definition) is 4. The molecule has 0 fully saturated rings. The maximum Gasteiger partial charge on any atom is 0.293 e. The number of halogens is 1. The fourth-order valence-corrected chi connectivity index (χ4v) is 3.02. The molecule has 0 aromatic carbocycles. The Morgan fingerprint density at radius 2 is 2.22 bits per heavy atom. The first-order chi connectivity index (χ1) is 8.33. The highest BCUT2D eigenvalue weighted by molar-refractivity contribution is 7.15. The maximum atomic E-state index is 11.7. The first-order valence-electron chi connectivity index (χ1n) is 5.66. The molecule has 0 radical (unpaired) electrons. The Labute approximate surface area is 115 Å². The highest BCUT2D eigenvalue weighted by Crippen LogP contribution is 2.29. The van der Waals surface area contributed by atoms with Gasteiger partial charge in [-0.05, 0) is 37.8 Å². The number of fused-ring (bicyclic) bond motifs is 1. The average Bonchev–Trinajstić information content (AvgIpc) is 2.97. The largest absolute Gasteiger partial charge is 0.459 e. The zero-order valence-electron chi connectivity index (χ0n) is 9.64. The topological polar surface area (TPSA) is 55.1 Å². The molecule has 0 saturated heterocycles. The lowest BCUT2D eigenvalue weighted by Gasteiger charge is -2.06. The van der Waals surface area contributed by atoms with Crippen LogP contribution in [0.1, 0.15) is 34.0 Å². The first-order valence-corrected chi connectivity index (χ1v) is 6.48. The van der Waals surface area contributed by atoms with Gasteiger partial charge in [0, 0.05) is 4.88 Å². The number of amides is 1. The number of carbonyl (C=O) groups excluding carboxylic acids is 1. The van der Waals surface area contributed by atoms with E-state index in [1.807, 2.05) is 0 Å². The second kappa shape index (κ2) is 5.54. The summed E-state index contributed by atoms with van der Waals surface area (Å²) in [7, 11) is 0. The highest BCUT2D eigenvalue weighted by atomic mass is 35.5. The minimum Gasteiger partial charge on any atom is -0.459 e. The van der Waals surface area contributed by atoms with E-state index in [0.29, 0.717) is 10.9 Å². The molecule has 0 saturated carbocycles. The average molecular weight is 285 g/mol. The summed E-state index contributed by atoms with van der Waals surface area (Å²) in [6.07, 6.45) is 6.02. The molecule has 0 spiro atoms. The third-order valence-corrected chi connectivity index (χ3v) is 3.88. The Morgan fingerprint density at radius 1 is 1.39 bits per heavy atom. The van der Waals surface area contributed by atoms with Crippen molar-refractivity contribution in [2.75, 3.05) is 5.32 Å². The molecule has 1 aliphatic carbocycles. The van der Waals surface area contributed by atoms with E-state index >= 15 is 0 Å². The molecule has 2 aromatic rings. The number of carbonyl (C=O) groups is 1. The third-order valence-electron chi connectivity index (χ3n) is 2.81. The van der Waals surface area contributed by atoms with E-state index in [1.165, 1.54) is 24.0 Å². The van der Waals surface area contributed by atoms with E-state index in [9.17, 15) is 4.79 Å². The van der Waals surface area contributed by atoms with Crippen molar-refractivity contribution >= 4 is 34.8 Å². The van der Waals surface area contributed by atoms with Crippen molar-refractivity contribution in [3.8, 4) is 0 Å². The Morgan fingerprint density at radius 3 is 2.94 bits per heavy atom. The molecule has 6 heteroatoms. The molecular weight excluding hydrogens is 272 g/mol. The van der Waals surface area contributed by atoms with Gasteiger partial charge in [0.05, 0.1) is 12.0 Å². The number of nitrogens with zero attached hydrogens (tertiary/aromatic N) is 1. The number of aryl methyl sites for hydroxylation is 2. The molecule has 18 heavy (non-hydrogen) atoms. The molecule has 0 aliphatic heterocycles. The van der Waals surface area contributed by atoms with Crippen molar-refractivity contribution < 1.29 is 9.21 Å². The van der Waals surface area contributed by atoms with Crippen LogP contribution >= 0.6 is 23.7 Å². The summed E-state index contributed by atoms with van der Waals surface area (Å²) < 4.78 is 5.03. The summed E-state index contributed by atoms with van der Waals surface area (Å²) >= 11 is 1.58. The van der Waals surface area contributed by atoms with Crippen LogP contribution in [0.25, 0.3) is 0 Å². The summed E-state index contributed by atoms with van der Waals surface area (Å²) in [6, 6.07) is 3.34. The minimum atomic E-state index is -0.235. The van der Waals surface area contributed by atoms with Gasteiger partial charge in [-0.2, -0.15) is 0 Å². The Balaban J connectivity index is 0.00000120. The van der Waals surface area contributed by atoms with Crippen molar-refractivity contribution in [2.24, 2.45) is 0 Å².